The SMILES string of the molecule is COc1ccc([N+](=O)[O-])cc1NC(=O)CCC(C)(C)N. The second kappa shape index (κ2) is 6.33. The van der Waals surface area contributed by atoms with Crippen molar-refractivity contribution in [2.75, 3.05) is 12.4 Å². The highest BCUT2D eigenvalue weighted by Gasteiger charge is 2.16. The van der Waals surface area contributed by atoms with Crippen LogP contribution in [0.4, 0.5) is 11.4 Å². The Labute approximate surface area is 117 Å². The van der Waals surface area contributed by atoms with E-state index in [9.17, 15) is 14.9 Å². The number of nitrogens with two attached hydrogens (primary N) is 1. The largest absolute Gasteiger partial charge is 0.495 e. The zero-order valence-electron chi connectivity index (χ0n) is 11.8. The predicted octanol–water partition coefficient (Wildman–Crippen LogP) is 2.06. The molecule has 0 fully saturated rings. The van der Waals surface area contributed by atoms with Crippen LogP contribution in [0.3, 0.4) is 0 Å². The normalized spacial score (nSPS) is 11.0. The van der Waals surface area contributed by atoms with E-state index in [0.717, 1.165) is 0 Å². The second-order valence-corrected chi connectivity index (χ2v) is 5.18. The average molecular weight is 281 g/mol. The zero-order valence-corrected chi connectivity index (χ0v) is 11.8. The Balaban J connectivity index is 2.82. The highest BCUT2D eigenvalue weighted by Crippen LogP contribution is 2.29. The number of nitro groups is 1. The van der Waals surface area contributed by atoms with E-state index in [1.165, 1.54) is 25.3 Å². The standard InChI is InChI=1S/C13H19N3O4/c1-13(2,14)7-6-12(17)15-10-8-9(16(18)19)4-5-11(10)20-3/h4-5,8H,6-7,14H2,1-3H3,(H,15,17). The van der Waals surface area contributed by atoms with Crippen LogP contribution in [-0.4, -0.2) is 23.5 Å². The van der Waals surface area contributed by atoms with E-state index < -0.39 is 10.5 Å². The Morgan fingerprint density at radius 1 is 1.50 bits per heavy atom. The average Bonchev–Trinajstić information content (AvgIpc) is 2.35. The third-order valence-corrected chi connectivity index (χ3v) is 2.66. The minimum Gasteiger partial charge on any atom is -0.495 e. The zero-order chi connectivity index (χ0) is 15.3. The lowest BCUT2D eigenvalue weighted by Gasteiger charge is -2.17. The summed E-state index contributed by atoms with van der Waals surface area (Å²) in [5.41, 5.74) is 5.53. The molecule has 0 saturated carbocycles. The first kappa shape index (κ1) is 15.9. The number of methoxy groups -OCH3 is 1. The van der Waals surface area contributed by atoms with Gasteiger partial charge in [-0.2, -0.15) is 0 Å². The van der Waals surface area contributed by atoms with Crippen molar-refractivity contribution < 1.29 is 14.5 Å². The van der Waals surface area contributed by atoms with Gasteiger partial charge in [-0.25, -0.2) is 0 Å². The number of carbonyl (C=O) groups excluding carboxylic acids is 1. The minimum absolute atomic E-state index is 0.111. The molecule has 1 aromatic rings. The van der Waals surface area contributed by atoms with Crippen LogP contribution in [0.25, 0.3) is 0 Å². The summed E-state index contributed by atoms with van der Waals surface area (Å²) >= 11 is 0. The summed E-state index contributed by atoms with van der Waals surface area (Å²) in [7, 11) is 1.43. The molecule has 3 N–H and O–H groups in total. The van der Waals surface area contributed by atoms with E-state index in [0.29, 0.717) is 12.2 Å². The minimum atomic E-state index is -0.530. The number of benzene rings is 1. The van der Waals surface area contributed by atoms with E-state index in [2.05, 4.69) is 5.32 Å². The number of non-ortho nitro benzene ring substituents is 1. The number of anilines is 1. The van der Waals surface area contributed by atoms with Crippen LogP contribution in [0.2, 0.25) is 0 Å². The Bertz CT molecular complexity index is 509. The van der Waals surface area contributed by atoms with Crippen molar-refractivity contribution in [2.24, 2.45) is 5.73 Å². The van der Waals surface area contributed by atoms with Crippen LogP contribution >= 0.6 is 0 Å². The third kappa shape index (κ3) is 4.85. The molecule has 7 nitrogen and oxygen atoms in total. The van der Waals surface area contributed by atoms with Crippen LogP contribution in [0.15, 0.2) is 18.2 Å². The van der Waals surface area contributed by atoms with Gasteiger partial charge in [0.1, 0.15) is 5.75 Å². The Morgan fingerprint density at radius 3 is 2.65 bits per heavy atom. The van der Waals surface area contributed by atoms with Gasteiger partial charge in [0.15, 0.2) is 0 Å². The number of nitrogens with zero attached hydrogens (tertiary/aromatic N) is 1. The first-order valence-corrected chi connectivity index (χ1v) is 6.14. The van der Waals surface area contributed by atoms with Gasteiger partial charge in [-0.05, 0) is 26.3 Å². The number of ether oxygens (including phenoxy) is 1. The maximum Gasteiger partial charge on any atom is 0.271 e. The molecule has 0 aliphatic heterocycles. The molecule has 0 spiro atoms. The molecule has 0 atom stereocenters. The van der Waals surface area contributed by atoms with Crippen LogP contribution < -0.4 is 15.8 Å². The number of carbonyl (C=O) groups is 1. The van der Waals surface area contributed by atoms with Crippen LogP contribution in [0.1, 0.15) is 26.7 Å². The van der Waals surface area contributed by atoms with E-state index in [1.807, 2.05) is 13.8 Å². The second-order valence-electron chi connectivity index (χ2n) is 5.18. The number of nitro benzene ring substituents is 1. The van der Waals surface area contributed by atoms with Crippen LogP contribution in [-0.2, 0) is 4.79 Å². The quantitative estimate of drug-likeness (QED) is 0.613. The van der Waals surface area contributed by atoms with Crippen molar-refractivity contribution >= 4 is 17.3 Å². The van der Waals surface area contributed by atoms with Crippen molar-refractivity contribution in [2.45, 2.75) is 32.2 Å². The summed E-state index contributed by atoms with van der Waals surface area (Å²) in [6.07, 6.45) is 0.741. The number of amides is 1. The van der Waals surface area contributed by atoms with Gasteiger partial charge in [0.2, 0.25) is 5.91 Å². The van der Waals surface area contributed by atoms with E-state index in [1.54, 1.807) is 0 Å². The molecule has 0 unspecified atom stereocenters. The first-order valence-electron chi connectivity index (χ1n) is 6.14. The molecular formula is C13H19N3O4. The topological polar surface area (TPSA) is 107 Å². The molecule has 0 aliphatic carbocycles. The summed E-state index contributed by atoms with van der Waals surface area (Å²) in [5, 5.41) is 13.3. The van der Waals surface area contributed by atoms with Gasteiger partial charge in [-0.3, -0.25) is 14.9 Å². The lowest BCUT2D eigenvalue weighted by molar-refractivity contribution is -0.384. The maximum absolute atomic E-state index is 11.8. The lowest BCUT2D eigenvalue weighted by atomic mass is 10.00. The molecule has 0 aliphatic rings. The summed E-state index contributed by atoms with van der Waals surface area (Å²) in [5.74, 6) is 0.110. The van der Waals surface area contributed by atoms with Gasteiger partial charge in [0, 0.05) is 24.1 Å². The Kier molecular flexibility index (Phi) is 5.04. The van der Waals surface area contributed by atoms with Gasteiger partial charge < -0.3 is 15.8 Å². The predicted molar refractivity (Wildman–Crippen MR) is 75.8 cm³/mol. The van der Waals surface area contributed by atoms with Crippen LogP contribution in [0.5, 0.6) is 5.75 Å². The molecule has 1 aromatic carbocycles. The fourth-order valence-corrected chi connectivity index (χ4v) is 1.56. The van der Waals surface area contributed by atoms with E-state index in [-0.39, 0.29) is 23.7 Å². The van der Waals surface area contributed by atoms with Gasteiger partial charge in [-0.15, -0.1) is 0 Å². The maximum atomic E-state index is 11.8. The molecule has 0 aromatic heterocycles. The van der Waals surface area contributed by atoms with Gasteiger partial charge >= 0.3 is 0 Å². The molecule has 0 bridgehead atoms. The fourth-order valence-electron chi connectivity index (χ4n) is 1.56. The highest BCUT2D eigenvalue weighted by molar-refractivity contribution is 5.92. The molecule has 20 heavy (non-hydrogen) atoms. The van der Waals surface area contributed by atoms with Crippen molar-refractivity contribution in [1.82, 2.24) is 0 Å². The van der Waals surface area contributed by atoms with Crippen molar-refractivity contribution in [3.05, 3.63) is 28.3 Å². The molecule has 7 heteroatoms. The van der Waals surface area contributed by atoms with Gasteiger partial charge in [0.05, 0.1) is 17.7 Å². The molecule has 1 rings (SSSR count). The third-order valence-electron chi connectivity index (χ3n) is 2.66. The molecule has 0 saturated heterocycles. The van der Waals surface area contributed by atoms with Crippen molar-refractivity contribution in [3.63, 3.8) is 0 Å². The lowest BCUT2D eigenvalue weighted by Crippen LogP contribution is -2.33. The molecule has 0 heterocycles. The van der Waals surface area contributed by atoms with Crippen LogP contribution in [0, 0.1) is 10.1 Å². The van der Waals surface area contributed by atoms with Crippen molar-refractivity contribution in [1.29, 1.82) is 0 Å². The molecule has 1 amide bonds. The Hall–Kier alpha value is -2.15. The van der Waals surface area contributed by atoms with Gasteiger partial charge in [0.25, 0.3) is 5.69 Å². The van der Waals surface area contributed by atoms with E-state index >= 15 is 0 Å². The number of nitrogens with one attached hydrogen (secondary N) is 1. The summed E-state index contributed by atoms with van der Waals surface area (Å²) in [6.45, 7) is 3.66. The van der Waals surface area contributed by atoms with Crippen molar-refractivity contribution in [3.8, 4) is 5.75 Å². The van der Waals surface area contributed by atoms with E-state index in [4.69, 9.17) is 10.5 Å². The highest BCUT2D eigenvalue weighted by atomic mass is 16.6. The first-order chi connectivity index (χ1) is 9.23. The monoisotopic (exact) mass is 281 g/mol. The number of hydrogen-bond acceptors (Lipinski definition) is 5. The molecular weight excluding hydrogens is 262 g/mol. The molecule has 0 radical (unpaired) electrons. The fraction of sp³-hybridized carbons (Fsp3) is 0.462. The number of rotatable bonds is 6. The van der Waals surface area contributed by atoms with Gasteiger partial charge in [-0.1, -0.05) is 0 Å². The summed E-state index contributed by atoms with van der Waals surface area (Å²) in [4.78, 5) is 22.0. The number of hydrogen-bond donors (Lipinski definition) is 2. The summed E-state index contributed by atoms with van der Waals surface area (Å²) < 4.78 is 5.06. The summed E-state index contributed by atoms with van der Waals surface area (Å²) in [6, 6.07) is 4.03. The Morgan fingerprint density at radius 2 is 2.15 bits per heavy atom. The smallest absolute Gasteiger partial charge is 0.271 e. The molecule has 110 valence electrons.